The van der Waals surface area contributed by atoms with Crippen LogP contribution in [-0.4, -0.2) is 16.5 Å². The average molecular weight is 201 g/mol. The van der Waals surface area contributed by atoms with Crippen molar-refractivity contribution in [1.29, 1.82) is 0 Å². The van der Waals surface area contributed by atoms with E-state index >= 15 is 0 Å². The Bertz CT molecular complexity index is 309. The largest absolute Gasteiger partial charge is 0.508 e. The van der Waals surface area contributed by atoms with Gasteiger partial charge in [-0.25, -0.2) is 0 Å². The number of aromatic hydroxyl groups is 1. The molecule has 0 saturated heterocycles. The number of benzene rings is 1. The Morgan fingerprint density at radius 3 is 2.85 bits per heavy atom. The summed E-state index contributed by atoms with van der Waals surface area (Å²) >= 11 is 5.48. The lowest BCUT2D eigenvalue weighted by Gasteiger charge is -2.04. The van der Waals surface area contributed by atoms with Gasteiger partial charge in [0.15, 0.2) is 0 Å². The smallest absolute Gasteiger partial charge is 0.329 e. The van der Waals surface area contributed by atoms with Gasteiger partial charge in [-0.15, -0.1) is 11.6 Å². The van der Waals surface area contributed by atoms with Crippen LogP contribution in [0.5, 0.6) is 11.5 Å². The van der Waals surface area contributed by atoms with Crippen molar-refractivity contribution < 1.29 is 14.6 Å². The Morgan fingerprint density at radius 2 is 2.31 bits per heavy atom. The Kier molecular flexibility index (Phi) is 3.14. The van der Waals surface area contributed by atoms with Crippen LogP contribution in [0, 0.1) is 0 Å². The van der Waals surface area contributed by atoms with E-state index in [-0.39, 0.29) is 11.5 Å². The number of phenols is 1. The molecule has 70 valence electrons. The van der Waals surface area contributed by atoms with Crippen molar-refractivity contribution in [2.45, 2.75) is 12.3 Å². The van der Waals surface area contributed by atoms with Crippen LogP contribution >= 0.6 is 11.6 Å². The molecular weight excluding hydrogens is 192 g/mol. The highest BCUT2D eigenvalue weighted by Crippen LogP contribution is 2.18. The minimum Gasteiger partial charge on any atom is -0.508 e. The highest BCUT2D eigenvalue weighted by molar-refractivity contribution is 6.29. The Labute approximate surface area is 80.9 Å². The molecule has 0 heterocycles. The minimum absolute atomic E-state index is 0.0486. The normalized spacial score (nSPS) is 12.2. The summed E-state index contributed by atoms with van der Waals surface area (Å²) in [5, 5.41) is 8.35. The maximum absolute atomic E-state index is 11.0. The van der Waals surface area contributed by atoms with E-state index in [1.807, 2.05) is 0 Å². The Morgan fingerprint density at radius 1 is 1.62 bits per heavy atom. The molecule has 1 unspecified atom stereocenters. The molecule has 0 amide bonds. The van der Waals surface area contributed by atoms with Crippen molar-refractivity contribution in [2.75, 3.05) is 0 Å². The number of hydrogen-bond acceptors (Lipinski definition) is 3. The van der Waals surface area contributed by atoms with E-state index in [2.05, 4.69) is 0 Å². The SMILES string of the molecule is CC(Cl)C(=O)Oc1cccc(O)c1. The van der Waals surface area contributed by atoms with E-state index in [4.69, 9.17) is 21.4 Å². The van der Waals surface area contributed by atoms with Gasteiger partial charge in [0.25, 0.3) is 0 Å². The highest BCUT2D eigenvalue weighted by atomic mass is 35.5. The molecule has 1 aromatic carbocycles. The number of carbonyl (C=O) groups excluding carboxylic acids is 1. The minimum atomic E-state index is -0.692. The first-order valence-electron chi connectivity index (χ1n) is 3.74. The van der Waals surface area contributed by atoms with E-state index in [1.54, 1.807) is 12.1 Å². The summed E-state index contributed by atoms with van der Waals surface area (Å²) in [6.07, 6.45) is 0. The summed E-state index contributed by atoms with van der Waals surface area (Å²) < 4.78 is 4.83. The molecule has 0 aromatic heterocycles. The zero-order valence-electron chi connectivity index (χ0n) is 7.03. The topological polar surface area (TPSA) is 46.5 Å². The van der Waals surface area contributed by atoms with Gasteiger partial charge in [0.1, 0.15) is 16.9 Å². The lowest BCUT2D eigenvalue weighted by atomic mass is 10.3. The number of carbonyl (C=O) groups is 1. The maximum Gasteiger partial charge on any atom is 0.329 e. The molecule has 0 aliphatic heterocycles. The van der Waals surface area contributed by atoms with Gasteiger partial charge in [-0.05, 0) is 19.1 Å². The van der Waals surface area contributed by atoms with Crippen LogP contribution in [0.2, 0.25) is 0 Å². The van der Waals surface area contributed by atoms with Gasteiger partial charge in [0.05, 0.1) is 0 Å². The predicted octanol–water partition coefficient (Wildman–Crippen LogP) is 1.92. The van der Waals surface area contributed by atoms with Crippen LogP contribution in [0.4, 0.5) is 0 Å². The average Bonchev–Trinajstić information content (AvgIpc) is 2.04. The van der Waals surface area contributed by atoms with Gasteiger partial charge in [-0.2, -0.15) is 0 Å². The van der Waals surface area contributed by atoms with E-state index in [0.717, 1.165) is 0 Å². The van der Waals surface area contributed by atoms with Crippen molar-refractivity contribution in [3.63, 3.8) is 0 Å². The van der Waals surface area contributed by atoms with Crippen LogP contribution in [-0.2, 0) is 4.79 Å². The summed E-state index contributed by atoms with van der Waals surface area (Å²) in [7, 11) is 0. The molecule has 0 saturated carbocycles. The first-order chi connectivity index (χ1) is 6.09. The fraction of sp³-hybridized carbons (Fsp3) is 0.222. The van der Waals surface area contributed by atoms with Crippen LogP contribution in [0.3, 0.4) is 0 Å². The second-order valence-electron chi connectivity index (χ2n) is 2.53. The van der Waals surface area contributed by atoms with Crippen molar-refractivity contribution >= 4 is 17.6 Å². The van der Waals surface area contributed by atoms with Crippen molar-refractivity contribution in [3.8, 4) is 11.5 Å². The molecule has 0 bridgehead atoms. The summed E-state index contributed by atoms with van der Waals surface area (Å²) in [6.45, 7) is 1.52. The monoisotopic (exact) mass is 200 g/mol. The van der Waals surface area contributed by atoms with Crippen molar-refractivity contribution in [2.24, 2.45) is 0 Å². The summed E-state index contributed by atoms with van der Waals surface area (Å²) in [5.41, 5.74) is 0. The number of rotatable bonds is 2. The molecule has 0 spiro atoms. The first kappa shape index (κ1) is 9.86. The lowest BCUT2D eigenvalue weighted by molar-refractivity contribution is -0.133. The van der Waals surface area contributed by atoms with Gasteiger partial charge in [-0.3, -0.25) is 4.79 Å². The number of esters is 1. The second kappa shape index (κ2) is 4.14. The summed E-state index contributed by atoms with van der Waals surface area (Å²) in [4.78, 5) is 11.0. The highest BCUT2D eigenvalue weighted by Gasteiger charge is 2.11. The van der Waals surface area contributed by atoms with Crippen LogP contribution < -0.4 is 4.74 Å². The van der Waals surface area contributed by atoms with Gasteiger partial charge in [0.2, 0.25) is 0 Å². The molecule has 1 rings (SSSR count). The molecule has 1 aromatic rings. The molecule has 1 N–H and O–H groups in total. The molecule has 0 radical (unpaired) electrons. The predicted molar refractivity (Wildman–Crippen MR) is 49.1 cm³/mol. The third-order valence-electron chi connectivity index (χ3n) is 1.36. The number of ether oxygens (including phenoxy) is 1. The molecule has 13 heavy (non-hydrogen) atoms. The standard InChI is InChI=1S/C9H9ClO3/c1-6(10)9(12)13-8-4-2-3-7(11)5-8/h2-6,11H,1H3. The molecule has 3 nitrogen and oxygen atoms in total. The van der Waals surface area contributed by atoms with E-state index < -0.39 is 11.3 Å². The van der Waals surface area contributed by atoms with Gasteiger partial charge >= 0.3 is 5.97 Å². The van der Waals surface area contributed by atoms with Gasteiger partial charge in [-0.1, -0.05) is 6.07 Å². The van der Waals surface area contributed by atoms with Crippen molar-refractivity contribution in [1.82, 2.24) is 0 Å². The Balaban J connectivity index is 2.69. The molecule has 1 atom stereocenters. The first-order valence-corrected chi connectivity index (χ1v) is 4.18. The second-order valence-corrected chi connectivity index (χ2v) is 3.19. The summed E-state index contributed by atoms with van der Waals surface area (Å²) in [5.74, 6) is -0.197. The van der Waals surface area contributed by atoms with Gasteiger partial charge in [0, 0.05) is 6.07 Å². The molecule has 0 aliphatic rings. The molecule has 0 aliphatic carbocycles. The number of halogens is 1. The fourth-order valence-electron chi connectivity index (χ4n) is 0.744. The third kappa shape index (κ3) is 2.95. The van der Waals surface area contributed by atoms with E-state index in [0.29, 0.717) is 0 Å². The number of alkyl halides is 1. The Hall–Kier alpha value is -1.22. The van der Waals surface area contributed by atoms with Crippen LogP contribution in [0.1, 0.15) is 6.92 Å². The van der Waals surface area contributed by atoms with Gasteiger partial charge < -0.3 is 9.84 Å². The van der Waals surface area contributed by atoms with Crippen molar-refractivity contribution in [3.05, 3.63) is 24.3 Å². The molecule has 4 heteroatoms. The number of hydrogen-bond donors (Lipinski definition) is 1. The maximum atomic E-state index is 11.0. The molecular formula is C9H9ClO3. The zero-order chi connectivity index (χ0) is 9.84. The third-order valence-corrected chi connectivity index (χ3v) is 1.54. The van der Waals surface area contributed by atoms with Crippen LogP contribution in [0.25, 0.3) is 0 Å². The van der Waals surface area contributed by atoms with E-state index in [1.165, 1.54) is 19.1 Å². The van der Waals surface area contributed by atoms with E-state index in [9.17, 15) is 4.79 Å². The number of phenolic OH excluding ortho intramolecular Hbond substituents is 1. The zero-order valence-corrected chi connectivity index (χ0v) is 7.78. The fourth-order valence-corrected chi connectivity index (χ4v) is 0.789. The molecule has 0 fully saturated rings. The quantitative estimate of drug-likeness (QED) is 0.451. The van der Waals surface area contributed by atoms with Crippen LogP contribution in [0.15, 0.2) is 24.3 Å². The summed E-state index contributed by atoms with van der Waals surface area (Å²) in [6, 6.07) is 5.98. The lowest BCUT2D eigenvalue weighted by Crippen LogP contribution is -2.17.